The lowest BCUT2D eigenvalue weighted by atomic mass is 9.83. The minimum Gasteiger partial charge on any atom is -0.264 e. The van der Waals surface area contributed by atoms with Gasteiger partial charge in [0.25, 0.3) is 0 Å². The van der Waals surface area contributed by atoms with Crippen LogP contribution in [0.4, 0.5) is 8.78 Å². The summed E-state index contributed by atoms with van der Waals surface area (Å²) in [7, 11) is 0. The van der Waals surface area contributed by atoms with Crippen molar-refractivity contribution in [3.05, 3.63) is 45.5 Å². The second-order valence-corrected chi connectivity index (χ2v) is 4.28. The van der Waals surface area contributed by atoms with Crippen molar-refractivity contribution in [3.8, 4) is 0 Å². The lowest BCUT2D eigenvalue weighted by molar-refractivity contribution is -0.564. The van der Waals surface area contributed by atoms with Crippen molar-refractivity contribution in [2.24, 2.45) is 0 Å². The molecule has 0 fully saturated rings. The Balaban J connectivity index is 3.20. The quantitative estimate of drug-likeness (QED) is 0.590. The predicted octanol–water partition coefficient (Wildman–Crippen LogP) is 3.12. The van der Waals surface area contributed by atoms with Crippen molar-refractivity contribution in [3.63, 3.8) is 0 Å². The van der Waals surface area contributed by atoms with E-state index in [1.807, 2.05) is 0 Å². The van der Waals surface area contributed by atoms with E-state index in [1.165, 1.54) is 32.9 Å². The molecule has 0 bridgehead atoms. The fourth-order valence-electron chi connectivity index (χ4n) is 1.39. The summed E-state index contributed by atoms with van der Waals surface area (Å²) >= 11 is 0. The Labute approximate surface area is 92.2 Å². The molecular weight excluding hydrogens is 216 g/mol. The molecule has 1 unspecified atom stereocenters. The van der Waals surface area contributed by atoms with Crippen molar-refractivity contribution < 1.29 is 13.7 Å². The molecule has 1 rings (SSSR count). The zero-order valence-corrected chi connectivity index (χ0v) is 9.33. The van der Waals surface area contributed by atoms with Crippen molar-refractivity contribution in [1.82, 2.24) is 0 Å². The molecule has 0 spiro atoms. The Morgan fingerprint density at radius 2 is 1.94 bits per heavy atom. The highest BCUT2D eigenvalue weighted by Crippen LogP contribution is 2.32. The Morgan fingerprint density at radius 3 is 2.44 bits per heavy atom. The normalized spacial score (nSPS) is 13.6. The Morgan fingerprint density at radius 1 is 1.38 bits per heavy atom. The first-order valence-corrected chi connectivity index (χ1v) is 4.87. The first-order chi connectivity index (χ1) is 7.28. The van der Waals surface area contributed by atoms with E-state index in [2.05, 4.69) is 0 Å². The molecule has 0 heterocycles. The number of nitrogens with zero attached hydrogens (tertiary/aromatic N) is 1. The van der Waals surface area contributed by atoms with E-state index in [0.29, 0.717) is 0 Å². The minimum atomic E-state index is -1.34. The topological polar surface area (TPSA) is 43.1 Å². The molecule has 0 saturated carbocycles. The number of nitro groups is 1. The van der Waals surface area contributed by atoms with Gasteiger partial charge in [-0.2, -0.15) is 0 Å². The van der Waals surface area contributed by atoms with Gasteiger partial charge < -0.3 is 0 Å². The highest BCUT2D eigenvalue weighted by molar-refractivity contribution is 5.24. The SMILES string of the molecule is CC(c1cccc(F)c1F)C(C)(C)[N+](=O)[O-]. The summed E-state index contributed by atoms with van der Waals surface area (Å²) in [5.74, 6) is -2.70. The van der Waals surface area contributed by atoms with Gasteiger partial charge in [0, 0.05) is 24.3 Å². The van der Waals surface area contributed by atoms with Crippen molar-refractivity contribution >= 4 is 0 Å². The molecule has 16 heavy (non-hydrogen) atoms. The van der Waals surface area contributed by atoms with Crippen LogP contribution in [-0.2, 0) is 0 Å². The first-order valence-electron chi connectivity index (χ1n) is 4.87. The molecule has 0 radical (unpaired) electrons. The Hall–Kier alpha value is -1.52. The second kappa shape index (κ2) is 4.15. The summed E-state index contributed by atoms with van der Waals surface area (Å²) in [4.78, 5) is 10.3. The van der Waals surface area contributed by atoms with Gasteiger partial charge in [0.1, 0.15) is 0 Å². The van der Waals surface area contributed by atoms with Crippen LogP contribution in [0.25, 0.3) is 0 Å². The lowest BCUT2D eigenvalue weighted by Crippen LogP contribution is -2.37. The molecule has 0 aliphatic rings. The van der Waals surface area contributed by atoms with Crippen LogP contribution in [0.3, 0.4) is 0 Å². The maximum Gasteiger partial charge on any atom is 0.223 e. The van der Waals surface area contributed by atoms with Crippen LogP contribution in [0.2, 0.25) is 0 Å². The number of rotatable bonds is 3. The molecule has 0 aliphatic heterocycles. The molecule has 1 aromatic carbocycles. The maximum atomic E-state index is 13.4. The molecule has 0 amide bonds. The number of benzene rings is 1. The minimum absolute atomic E-state index is 0.0294. The van der Waals surface area contributed by atoms with Gasteiger partial charge in [0.2, 0.25) is 5.54 Å². The highest BCUT2D eigenvalue weighted by atomic mass is 19.2. The lowest BCUT2D eigenvalue weighted by Gasteiger charge is -2.23. The summed E-state index contributed by atoms with van der Waals surface area (Å²) in [6, 6.07) is 3.71. The van der Waals surface area contributed by atoms with Gasteiger partial charge in [-0.25, -0.2) is 8.78 Å². The molecule has 0 N–H and O–H groups in total. The smallest absolute Gasteiger partial charge is 0.223 e. The van der Waals surface area contributed by atoms with E-state index < -0.39 is 28.0 Å². The molecule has 0 aliphatic carbocycles. The van der Waals surface area contributed by atoms with Crippen molar-refractivity contribution in [2.75, 3.05) is 0 Å². The molecule has 0 aromatic heterocycles. The highest BCUT2D eigenvalue weighted by Gasteiger charge is 2.40. The van der Waals surface area contributed by atoms with Gasteiger partial charge in [-0.15, -0.1) is 0 Å². The van der Waals surface area contributed by atoms with Gasteiger partial charge in [-0.1, -0.05) is 19.1 Å². The predicted molar refractivity (Wildman–Crippen MR) is 55.8 cm³/mol. The molecule has 88 valence electrons. The average Bonchev–Trinajstić information content (AvgIpc) is 2.21. The number of hydrogen-bond acceptors (Lipinski definition) is 2. The van der Waals surface area contributed by atoms with E-state index in [9.17, 15) is 18.9 Å². The third-order valence-corrected chi connectivity index (χ3v) is 2.98. The molecule has 5 heteroatoms. The molecule has 1 aromatic rings. The van der Waals surface area contributed by atoms with Gasteiger partial charge in [0.05, 0.1) is 5.92 Å². The van der Waals surface area contributed by atoms with Crippen LogP contribution in [-0.4, -0.2) is 10.5 Å². The average molecular weight is 229 g/mol. The van der Waals surface area contributed by atoms with E-state index >= 15 is 0 Å². The van der Waals surface area contributed by atoms with Crippen LogP contribution < -0.4 is 0 Å². The third-order valence-electron chi connectivity index (χ3n) is 2.98. The zero-order chi connectivity index (χ0) is 12.5. The van der Waals surface area contributed by atoms with Crippen LogP contribution in [0.15, 0.2) is 18.2 Å². The Kier molecular flexibility index (Phi) is 3.26. The second-order valence-electron chi connectivity index (χ2n) is 4.28. The van der Waals surface area contributed by atoms with Crippen LogP contribution in [0.5, 0.6) is 0 Å². The van der Waals surface area contributed by atoms with Gasteiger partial charge in [-0.05, 0) is 6.07 Å². The monoisotopic (exact) mass is 229 g/mol. The summed E-state index contributed by atoms with van der Waals surface area (Å²) in [6.45, 7) is 4.30. The molecule has 0 saturated heterocycles. The largest absolute Gasteiger partial charge is 0.264 e. The van der Waals surface area contributed by atoms with E-state index in [4.69, 9.17) is 0 Å². The standard InChI is InChI=1S/C11H13F2NO2/c1-7(11(2,3)14(15)16)8-5-4-6-9(12)10(8)13/h4-7H,1-3H3. The van der Waals surface area contributed by atoms with Gasteiger partial charge >= 0.3 is 0 Å². The van der Waals surface area contributed by atoms with Crippen LogP contribution >= 0.6 is 0 Å². The van der Waals surface area contributed by atoms with Gasteiger partial charge in [-0.3, -0.25) is 10.1 Å². The van der Waals surface area contributed by atoms with Crippen LogP contribution in [0, 0.1) is 21.7 Å². The molecular formula is C11H13F2NO2. The third kappa shape index (κ3) is 2.03. The molecule has 1 atom stereocenters. The number of halogens is 2. The maximum absolute atomic E-state index is 13.4. The van der Waals surface area contributed by atoms with E-state index in [-0.39, 0.29) is 5.56 Å². The number of hydrogen-bond donors (Lipinski definition) is 0. The van der Waals surface area contributed by atoms with E-state index in [1.54, 1.807) is 0 Å². The summed E-state index contributed by atoms with van der Waals surface area (Å²) < 4.78 is 26.4. The van der Waals surface area contributed by atoms with Crippen LogP contribution in [0.1, 0.15) is 32.3 Å². The first kappa shape index (κ1) is 12.5. The summed E-state index contributed by atoms with van der Waals surface area (Å²) in [5, 5.41) is 10.8. The van der Waals surface area contributed by atoms with Crippen molar-refractivity contribution in [1.29, 1.82) is 0 Å². The van der Waals surface area contributed by atoms with Crippen molar-refractivity contribution in [2.45, 2.75) is 32.2 Å². The fraction of sp³-hybridized carbons (Fsp3) is 0.455. The molecule has 3 nitrogen and oxygen atoms in total. The summed E-state index contributed by atoms with van der Waals surface area (Å²) in [5.41, 5.74) is -1.31. The Bertz CT molecular complexity index is 418. The fourth-order valence-corrected chi connectivity index (χ4v) is 1.39. The van der Waals surface area contributed by atoms with E-state index in [0.717, 1.165) is 6.07 Å². The van der Waals surface area contributed by atoms with Gasteiger partial charge in [0.15, 0.2) is 11.6 Å². The summed E-state index contributed by atoms with van der Waals surface area (Å²) in [6.07, 6.45) is 0. The zero-order valence-electron chi connectivity index (χ0n) is 9.33.